The van der Waals surface area contributed by atoms with Crippen molar-refractivity contribution in [3.8, 4) is 0 Å². The molecule has 0 aliphatic carbocycles. The smallest absolute Gasteiger partial charge is 0.156 e. The van der Waals surface area contributed by atoms with Gasteiger partial charge in [-0.05, 0) is 17.7 Å². The molecule has 0 aliphatic heterocycles. The summed E-state index contributed by atoms with van der Waals surface area (Å²) in [5, 5.41) is 0. The molecule has 0 spiro atoms. The number of sulfone groups is 1. The molecule has 1 aromatic carbocycles. The fourth-order valence-corrected chi connectivity index (χ4v) is 2.59. The normalized spacial score (nSPS) is 11.6. The van der Waals surface area contributed by atoms with E-state index in [0.717, 1.165) is 5.56 Å². The molecule has 0 aromatic heterocycles. The summed E-state index contributed by atoms with van der Waals surface area (Å²) in [4.78, 5) is 0. The molecule has 6 heteroatoms. The molecule has 0 amide bonds. The van der Waals surface area contributed by atoms with Crippen LogP contribution in [0.4, 0.5) is 5.69 Å². The lowest BCUT2D eigenvalue weighted by Crippen LogP contribution is -2.15. The minimum Gasteiger partial charge on any atom is -0.399 e. The molecule has 0 fully saturated rings. The zero-order valence-electron chi connectivity index (χ0n) is 10.5. The molecule has 0 heterocycles. The van der Waals surface area contributed by atoms with Gasteiger partial charge in [0.1, 0.15) is 0 Å². The van der Waals surface area contributed by atoms with Crippen LogP contribution < -0.4 is 5.73 Å². The number of nitrogen functional groups attached to an aromatic ring is 1. The molecule has 2 N–H and O–H groups in total. The first kappa shape index (κ1) is 14.9. The number of nitrogens with two attached hydrogens (primary N) is 1. The molecule has 0 radical (unpaired) electrons. The van der Waals surface area contributed by atoms with Gasteiger partial charge in [0.15, 0.2) is 9.84 Å². The molecule has 102 valence electrons. The van der Waals surface area contributed by atoms with Crippen LogP contribution >= 0.6 is 0 Å². The average molecular weight is 273 g/mol. The van der Waals surface area contributed by atoms with Crippen molar-refractivity contribution in [3.05, 3.63) is 29.8 Å². The van der Waals surface area contributed by atoms with Crippen LogP contribution in [0.15, 0.2) is 24.3 Å². The first-order chi connectivity index (χ1) is 8.53. The highest BCUT2D eigenvalue weighted by molar-refractivity contribution is 7.90. The van der Waals surface area contributed by atoms with Crippen LogP contribution in [-0.4, -0.2) is 41.1 Å². The largest absolute Gasteiger partial charge is 0.399 e. The Morgan fingerprint density at radius 1 is 1.11 bits per heavy atom. The van der Waals surface area contributed by atoms with Gasteiger partial charge >= 0.3 is 0 Å². The van der Waals surface area contributed by atoms with E-state index >= 15 is 0 Å². The fraction of sp³-hybridized carbons (Fsp3) is 0.500. The Kier molecular flexibility index (Phi) is 6.11. The maximum atomic E-state index is 11.8. The molecule has 0 saturated heterocycles. The third-order valence-electron chi connectivity index (χ3n) is 2.34. The summed E-state index contributed by atoms with van der Waals surface area (Å²) in [5.74, 6) is 0.0298. The van der Waals surface area contributed by atoms with Crippen molar-refractivity contribution in [2.75, 3.05) is 38.4 Å². The minimum atomic E-state index is -3.14. The van der Waals surface area contributed by atoms with Crippen LogP contribution in [0, 0.1) is 0 Å². The maximum absolute atomic E-state index is 11.8. The van der Waals surface area contributed by atoms with Gasteiger partial charge in [-0.2, -0.15) is 0 Å². The third-order valence-corrected chi connectivity index (χ3v) is 3.90. The molecule has 0 saturated carbocycles. The topological polar surface area (TPSA) is 78.6 Å². The van der Waals surface area contributed by atoms with Crippen molar-refractivity contribution in [2.24, 2.45) is 0 Å². The van der Waals surface area contributed by atoms with Gasteiger partial charge in [-0.1, -0.05) is 12.1 Å². The molecule has 5 nitrogen and oxygen atoms in total. The Bertz CT molecular complexity index is 442. The molecular weight excluding hydrogens is 254 g/mol. The van der Waals surface area contributed by atoms with Crippen LogP contribution in [-0.2, 0) is 25.1 Å². The van der Waals surface area contributed by atoms with Crippen molar-refractivity contribution in [2.45, 2.75) is 5.75 Å². The number of rotatable bonds is 8. The third kappa shape index (κ3) is 6.00. The van der Waals surface area contributed by atoms with Gasteiger partial charge in [-0.15, -0.1) is 0 Å². The summed E-state index contributed by atoms with van der Waals surface area (Å²) >= 11 is 0. The maximum Gasteiger partial charge on any atom is 0.156 e. The highest BCUT2D eigenvalue weighted by Crippen LogP contribution is 2.09. The summed E-state index contributed by atoms with van der Waals surface area (Å²) in [5.41, 5.74) is 6.90. The second-order valence-corrected chi connectivity index (χ2v) is 6.12. The summed E-state index contributed by atoms with van der Waals surface area (Å²) in [6, 6.07) is 6.83. The first-order valence-electron chi connectivity index (χ1n) is 5.65. The van der Waals surface area contributed by atoms with E-state index in [-0.39, 0.29) is 18.1 Å². The predicted molar refractivity (Wildman–Crippen MR) is 71.0 cm³/mol. The standard InChI is InChI=1S/C12H19NO4S/c1-16-6-7-17-8-9-18(14,15)10-11-2-4-12(13)5-3-11/h2-5H,6-10,13H2,1H3. The summed E-state index contributed by atoms with van der Waals surface area (Å²) < 4.78 is 33.5. The first-order valence-corrected chi connectivity index (χ1v) is 7.47. The van der Waals surface area contributed by atoms with Crippen molar-refractivity contribution < 1.29 is 17.9 Å². The highest BCUT2D eigenvalue weighted by atomic mass is 32.2. The fourth-order valence-electron chi connectivity index (χ4n) is 1.37. The number of hydrogen-bond donors (Lipinski definition) is 1. The van der Waals surface area contributed by atoms with Crippen LogP contribution in [0.25, 0.3) is 0 Å². The van der Waals surface area contributed by atoms with Gasteiger partial charge in [0.2, 0.25) is 0 Å². The Morgan fingerprint density at radius 2 is 1.78 bits per heavy atom. The number of ether oxygens (including phenoxy) is 2. The van der Waals surface area contributed by atoms with Crippen LogP contribution in [0.5, 0.6) is 0 Å². The van der Waals surface area contributed by atoms with E-state index in [1.54, 1.807) is 31.4 Å². The van der Waals surface area contributed by atoms with Crippen molar-refractivity contribution in [3.63, 3.8) is 0 Å². The van der Waals surface area contributed by atoms with E-state index in [4.69, 9.17) is 15.2 Å². The van der Waals surface area contributed by atoms with Crippen LogP contribution in [0.3, 0.4) is 0 Å². The van der Waals surface area contributed by atoms with Crippen LogP contribution in [0.1, 0.15) is 5.56 Å². The molecule has 0 unspecified atom stereocenters. The lowest BCUT2D eigenvalue weighted by Gasteiger charge is -2.06. The second-order valence-electron chi connectivity index (χ2n) is 3.94. The minimum absolute atomic E-state index is 0.0148. The SMILES string of the molecule is COCCOCCS(=O)(=O)Cc1ccc(N)cc1. The lowest BCUT2D eigenvalue weighted by atomic mass is 10.2. The van der Waals surface area contributed by atoms with E-state index in [1.165, 1.54) is 0 Å². The zero-order chi connectivity index (χ0) is 13.4. The Labute approximate surface area is 108 Å². The van der Waals surface area contributed by atoms with E-state index in [2.05, 4.69) is 0 Å². The monoisotopic (exact) mass is 273 g/mol. The van der Waals surface area contributed by atoms with Gasteiger partial charge in [0.05, 0.1) is 31.3 Å². The molecule has 0 atom stereocenters. The number of methoxy groups -OCH3 is 1. The Hall–Kier alpha value is -1.11. The van der Waals surface area contributed by atoms with E-state index in [0.29, 0.717) is 18.9 Å². The average Bonchev–Trinajstić information content (AvgIpc) is 2.31. The Morgan fingerprint density at radius 3 is 2.39 bits per heavy atom. The predicted octanol–water partition coefficient (Wildman–Crippen LogP) is 0.847. The number of hydrogen-bond acceptors (Lipinski definition) is 5. The quantitative estimate of drug-likeness (QED) is 0.561. The molecular formula is C12H19NO4S. The summed E-state index contributed by atoms with van der Waals surface area (Å²) in [6.45, 7) is 1.08. The summed E-state index contributed by atoms with van der Waals surface area (Å²) in [6.07, 6.45) is 0. The van der Waals surface area contributed by atoms with Gasteiger partial charge in [-0.25, -0.2) is 8.42 Å². The van der Waals surface area contributed by atoms with Gasteiger partial charge in [-0.3, -0.25) is 0 Å². The number of benzene rings is 1. The zero-order valence-corrected chi connectivity index (χ0v) is 11.3. The second kappa shape index (κ2) is 7.35. The summed E-state index contributed by atoms with van der Waals surface area (Å²) in [7, 11) is -1.57. The van der Waals surface area contributed by atoms with Crippen molar-refractivity contribution in [1.82, 2.24) is 0 Å². The van der Waals surface area contributed by atoms with Crippen molar-refractivity contribution >= 4 is 15.5 Å². The molecule has 18 heavy (non-hydrogen) atoms. The Balaban J connectivity index is 2.37. The molecule has 0 bridgehead atoms. The van der Waals surface area contributed by atoms with Crippen LogP contribution in [0.2, 0.25) is 0 Å². The van der Waals surface area contributed by atoms with Gasteiger partial charge < -0.3 is 15.2 Å². The van der Waals surface area contributed by atoms with E-state index in [1.807, 2.05) is 0 Å². The van der Waals surface area contributed by atoms with Gasteiger partial charge in [0.25, 0.3) is 0 Å². The van der Waals surface area contributed by atoms with E-state index in [9.17, 15) is 8.42 Å². The lowest BCUT2D eigenvalue weighted by molar-refractivity contribution is 0.0785. The molecule has 1 aromatic rings. The molecule has 0 aliphatic rings. The molecule has 1 rings (SSSR count). The van der Waals surface area contributed by atoms with E-state index < -0.39 is 9.84 Å². The van der Waals surface area contributed by atoms with Gasteiger partial charge in [0, 0.05) is 12.8 Å². The van der Waals surface area contributed by atoms with Crippen molar-refractivity contribution in [1.29, 1.82) is 0 Å². The highest BCUT2D eigenvalue weighted by Gasteiger charge is 2.11. The number of anilines is 1.